The molecule has 166 valence electrons. The molecule has 0 aliphatic heterocycles. The molecule has 0 aromatic carbocycles. The van der Waals surface area contributed by atoms with Crippen LogP contribution in [0.15, 0.2) is 42.9 Å². The lowest BCUT2D eigenvalue weighted by Crippen LogP contribution is -2.45. The van der Waals surface area contributed by atoms with E-state index in [1.54, 1.807) is 29.8 Å². The maximum atomic E-state index is 12.9. The molecule has 9 nitrogen and oxygen atoms in total. The lowest BCUT2D eigenvalue weighted by molar-refractivity contribution is -0.191. The third kappa shape index (κ3) is 4.24. The number of imide groups is 1. The Hall–Kier alpha value is -3.96. The molecule has 3 heterocycles. The minimum absolute atomic E-state index is 0.0314. The fraction of sp³-hybridized carbons (Fsp3) is 0.250. The number of amides is 3. The number of carbonyl (C=O) groups excluding carboxylic acids is 2. The molecule has 3 aromatic rings. The van der Waals surface area contributed by atoms with Gasteiger partial charge in [-0.05, 0) is 38.0 Å². The molecule has 1 aliphatic rings. The van der Waals surface area contributed by atoms with Gasteiger partial charge >= 0.3 is 12.2 Å². The highest BCUT2D eigenvalue weighted by Crippen LogP contribution is 2.57. The van der Waals surface area contributed by atoms with Gasteiger partial charge in [0.1, 0.15) is 22.7 Å². The van der Waals surface area contributed by atoms with Crippen LogP contribution in [-0.4, -0.2) is 38.3 Å². The number of H-pyrrole nitrogens is 1. The van der Waals surface area contributed by atoms with E-state index in [2.05, 4.69) is 25.5 Å². The van der Waals surface area contributed by atoms with Gasteiger partial charge in [-0.1, -0.05) is 0 Å². The minimum Gasteiger partial charge on any atom is -0.456 e. The van der Waals surface area contributed by atoms with Crippen molar-refractivity contribution in [1.29, 1.82) is 0 Å². The number of urea groups is 1. The first-order valence-electron chi connectivity index (χ1n) is 9.47. The Morgan fingerprint density at radius 1 is 1.12 bits per heavy atom. The Morgan fingerprint density at radius 2 is 1.91 bits per heavy atom. The first kappa shape index (κ1) is 21.3. The average Bonchev–Trinajstić information content (AvgIpc) is 3.46. The van der Waals surface area contributed by atoms with Crippen LogP contribution in [0.2, 0.25) is 0 Å². The first-order valence-corrected chi connectivity index (χ1v) is 9.47. The number of hydrogen-bond acceptors (Lipinski definition) is 6. The molecular weight excluding hydrogens is 429 g/mol. The summed E-state index contributed by atoms with van der Waals surface area (Å²) in [5.74, 6) is -0.502. The molecule has 4 rings (SSSR count). The number of aryl methyl sites for hydroxylation is 1. The number of nitrogens with zero attached hydrogens (tertiary/aromatic N) is 3. The van der Waals surface area contributed by atoms with E-state index < -0.39 is 23.5 Å². The lowest BCUT2D eigenvalue weighted by Gasteiger charge is -2.17. The molecule has 1 aliphatic carbocycles. The topological polar surface area (TPSA) is 122 Å². The average molecular weight is 446 g/mol. The van der Waals surface area contributed by atoms with Crippen molar-refractivity contribution in [2.24, 2.45) is 5.41 Å². The molecule has 0 unspecified atom stereocenters. The Labute approximate surface area is 179 Å². The van der Waals surface area contributed by atoms with Crippen molar-refractivity contribution in [2.45, 2.75) is 25.9 Å². The summed E-state index contributed by atoms with van der Waals surface area (Å²) in [6.45, 7) is 1.87. The standard InChI is InChI=1S/C20H17F3N6O3/c1-11-14(10-26-29-11)15-8-12(4-7-24-15)32-13-2-3-16(25-9-13)27-18(31)28-17(30)19(5-6-19)20(21,22)23/h2-4,7-10H,5-6H2,1H3,(H,26,29)(H2,25,27,28,30,31). The molecule has 0 atom stereocenters. The predicted molar refractivity (Wildman–Crippen MR) is 106 cm³/mol. The number of ether oxygens (including phenoxy) is 1. The van der Waals surface area contributed by atoms with E-state index in [1.165, 1.54) is 18.3 Å². The van der Waals surface area contributed by atoms with Gasteiger partial charge in [-0.15, -0.1) is 0 Å². The predicted octanol–water partition coefficient (Wildman–Crippen LogP) is 3.96. The van der Waals surface area contributed by atoms with Crippen molar-refractivity contribution in [3.8, 4) is 22.8 Å². The molecule has 3 amide bonds. The summed E-state index contributed by atoms with van der Waals surface area (Å²) >= 11 is 0. The van der Waals surface area contributed by atoms with Crippen LogP contribution < -0.4 is 15.4 Å². The van der Waals surface area contributed by atoms with Crippen LogP contribution in [0.4, 0.5) is 23.8 Å². The van der Waals surface area contributed by atoms with Crippen LogP contribution in [0, 0.1) is 12.3 Å². The molecule has 0 radical (unpaired) electrons. The van der Waals surface area contributed by atoms with Gasteiger partial charge in [0.25, 0.3) is 0 Å². The monoisotopic (exact) mass is 446 g/mol. The zero-order valence-electron chi connectivity index (χ0n) is 16.7. The fourth-order valence-corrected chi connectivity index (χ4v) is 3.02. The number of aromatic nitrogens is 4. The van der Waals surface area contributed by atoms with Gasteiger partial charge in [0.05, 0.1) is 18.1 Å². The van der Waals surface area contributed by atoms with Crippen molar-refractivity contribution in [3.05, 3.63) is 48.5 Å². The van der Waals surface area contributed by atoms with Crippen molar-refractivity contribution >= 4 is 17.8 Å². The third-order valence-corrected chi connectivity index (χ3v) is 5.01. The van der Waals surface area contributed by atoms with Crippen LogP contribution in [-0.2, 0) is 4.79 Å². The number of carbonyl (C=O) groups is 2. The number of nitrogens with one attached hydrogen (secondary N) is 3. The Kier molecular flexibility index (Phi) is 5.28. The Morgan fingerprint density at radius 3 is 2.50 bits per heavy atom. The van der Waals surface area contributed by atoms with Crippen molar-refractivity contribution in [3.63, 3.8) is 0 Å². The van der Waals surface area contributed by atoms with Crippen LogP contribution in [0.1, 0.15) is 18.5 Å². The van der Waals surface area contributed by atoms with E-state index in [-0.39, 0.29) is 18.7 Å². The third-order valence-electron chi connectivity index (χ3n) is 5.01. The normalized spacial score (nSPS) is 14.5. The summed E-state index contributed by atoms with van der Waals surface area (Å²) in [7, 11) is 0. The number of pyridine rings is 2. The summed E-state index contributed by atoms with van der Waals surface area (Å²) in [5.41, 5.74) is -0.138. The first-order chi connectivity index (χ1) is 15.2. The second kappa shape index (κ2) is 7.94. The van der Waals surface area contributed by atoms with E-state index in [1.807, 2.05) is 6.92 Å². The Balaban J connectivity index is 1.36. The minimum atomic E-state index is -4.70. The van der Waals surface area contributed by atoms with Crippen molar-refractivity contribution < 1.29 is 27.5 Å². The smallest absolute Gasteiger partial charge is 0.403 e. The van der Waals surface area contributed by atoms with Crippen LogP contribution >= 0.6 is 0 Å². The second-order valence-corrected chi connectivity index (χ2v) is 7.25. The maximum absolute atomic E-state index is 12.9. The fourth-order valence-electron chi connectivity index (χ4n) is 3.02. The SMILES string of the molecule is Cc1[nH]ncc1-c1cc(Oc2ccc(NC(=O)NC(=O)C3(C(F)(F)F)CC3)nc2)ccn1. The van der Waals surface area contributed by atoms with E-state index >= 15 is 0 Å². The van der Waals surface area contributed by atoms with Crippen molar-refractivity contribution in [1.82, 2.24) is 25.5 Å². The molecule has 0 spiro atoms. The highest BCUT2D eigenvalue weighted by atomic mass is 19.4. The lowest BCUT2D eigenvalue weighted by atomic mass is 10.1. The molecule has 0 bridgehead atoms. The van der Waals surface area contributed by atoms with Crippen LogP contribution in [0.5, 0.6) is 11.5 Å². The van der Waals surface area contributed by atoms with E-state index in [9.17, 15) is 22.8 Å². The highest BCUT2D eigenvalue weighted by Gasteiger charge is 2.68. The molecule has 1 saturated carbocycles. The van der Waals surface area contributed by atoms with Crippen LogP contribution in [0.3, 0.4) is 0 Å². The zero-order chi connectivity index (χ0) is 22.9. The molecular formula is C20H17F3N6O3. The summed E-state index contributed by atoms with van der Waals surface area (Å²) in [6.07, 6.45) is -0.821. The molecule has 3 N–H and O–H groups in total. The maximum Gasteiger partial charge on any atom is 0.403 e. The van der Waals surface area contributed by atoms with Gasteiger partial charge in [-0.25, -0.2) is 9.78 Å². The van der Waals surface area contributed by atoms with E-state index in [0.717, 1.165) is 11.3 Å². The quantitative estimate of drug-likeness (QED) is 0.545. The number of alkyl halides is 3. The van der Waals surface area contributed by atoms with Gasteiger partial charge in [-0.2, -0.15) is 18.3 Å². The number of aromatic amines is 1. The molecule has 3 aromatic heterocycles. The van der Waals surface area contributed by atoms with Gasteiger partial charge in [0, 0.05) is 23.5 Å². The largest absolute Gasteiger partial charge is 0.456 e. The van der Waals surface area contributed by atoms with Gasteiger partial charge < -0.3 is 4.74 Å². The van der Waals surface area contributed by atoms with Crippen molar-refractivity contribution in [2.75, 3.05) is 5.32 Å². The molecule has 1 fully saturated rings. The summed E-state index contributed by atoms with van der Waals surface area (Å²) in [6, 6.07) is 5.17. The van der Waals surface area contributed by atoms with Gasteiger partial charge in [0.2, 0.25) is 5.91 Å². The number of hydrogen-bond donors (Lipinski definition) is 3. The summed E-state index contributed by atoms with van der Waals surface area (Å²) in [5, 5.41) is 10.7. The number of rotatable bonds is 5. The summed E-state index contributed by atoms with van der Waals surface area (Å²) < 4.78 is 44.6. The summed E-state index contributed by atoms with van der Waals surface area (Å²) in [4.78, 5) is 32.0. The van der Waals surface area contributed by atoms with E-state index in [0.29, 0.717) is 17.2 Å². The highest BCUT2D eigenvalue weighted by molar-refractivity contribution is 6.03. The second-order valence-electron chi connectivity index (χ2n) is 7.25. The van der Waals surface area contributed by atoms with Gasteiger partial charge in [0.15, 0.2) is 0 Å². The molecule has 12 heteroatoms. The van der Waals surface area contributed by atoms with Crippen LogP contribution in [0.25, 0.3) is 11.3 Å². The Bertz CT molecular complexity index is 1160. The number of halogens is 3. The van der Waals surface area contributed by atoms with E-state index in [4.69, 9.17) is 4.74 Å². The molecule has 0 saturated heterocycles. The molecule has 32 heavy (non-hydrogen) atoms. The number of anilines is 1. The zero-order valence-corrected chi connectivity index (χ0v) is 16.7. The van der Waals surface area contributed by atoms with Gasteiger partial charge in [-0.3, -0.25) is 25.5 Å².